The first kappa shape index (κ1) is 14.1. The molecule has 0 aliphatic carbocycles. The van der Waals surface area contributed by atoms with Crippen LogP contribution in [0.3, 0.4) is 0 Å². The predicted molar refractivity (Wildman–Crippen MR) is 86.0 cm³/mol. The Balaban J connectivity index is 1.90. The fourth-order valence-corrected chi connectivity index (χ4v) is 2.36. The third-order valence-electron chi connectivity index (χ3n) is 2.84. The summed E-state index contributed by atoms with van der Waals surface area (Å²) in [6, 6.07) is 8.76. The van der Waals surface area contributed by atoms with Crippen LogP contribution in [0.15, 0.2) is 40.4 Å². The van der Waals surface area contributed by atoms with Crippen LogP contribution < -0.4 is 10.6 Å². The van der Waals surface area contributed by atoms with Crippen LogP contribution in [-0.4, -0.2) is 11.0 Å². The highest BCUT2D eigenvalue weighted by Gasteiger charge is 2.20. The van der Waals surface area contributed by atoms with E-state index in [2.05, 4.69) is 10.6 Å². The van der Waals surface area contributed by atoms with E-state index in [-0.39, 0.29) is 11.0 Å². The molecule has 1 aliphatic heterocycles. The van der Waals surface area contributed by atoms with Crippen LogP contribution in [0.25, 0.3) is 17.4 Å². The summed E-state index contributed by atoms with van der Waals surface area (Å²) in [4.78, 5) is 11.5. The molecule has 1 fully saturated rings. The SMILES string of the molecule is O=C1NC(=S)NC1=Cc1ccc(-c2ccc(Cl)c(Cl)c2)o1. The van der Waals surface area contributed by atoms with Gasteiger partial charge in [-0.3, -0.25) is 10.1 Å². The molecule has 0 radical (unpaired) electrons. The van der Waals surface area contributed by atoms with Crippen LogP contribution in [-0.2, 0) is 4.79 Å². The number of nitrogens with one attached hydrogen (secondary N) is 2. The van der Waals surface area contributed by atoms with Crippen molar-refractivity contribution in [3.8, 4) is 11.3 Å². The molecule has 2 N–H and O–H groups in total. The quantitative estimate of drug-likeness (QED) is 0.648. The molecule has 2 aromatic rings. The maximum Gasteiger partial charge on any atom is 0.274 e. The Morgan fingerprint density at radius 1 is 1.10 bits per heavy atom. The van der Waals surface area contributed by atoms with E-state index in [9.17, 15) is 4.79 Å². The molecule has 1 aromatic heterocycles. The van der Waals surface area contributed by atoms with Crippen molar-refractivity contribution in [3.63, 3.8) is 0 Å². The molecule has 0 atom stereocenters. The van der Waals surface area contributed by atoms with Gasteiger partial charge in [-0.1, -0.05) is 23.2 Å². The zero-order chi connectivity index (χ0) is 15.0. The summed E-state index contributed by atoms with van der Waals surface area (Å²) in [5, 5.41) is 6.44. The van der Waals surface area contributed by atoms with Gasteiger partial charge in [-0.2, -0.15) is 0 Å². The van der Waals surface area contributed by atoms with Crippen molar-refractivity contribution in [2.45, 2.75) is 0 Å². The van der Waals surface area contributed by atoms with E-state index < -0.39 is 0 Å². The average molecular weight is 339 g/mol. The second kappa shape index (κ2) is 5.52. The lowest BCUT2D eigenvalue weighted by Gasteiger charge is -1.99. The molecule has 3 rings (SSSR count). The monoisotopic (exact) mass is 338 g/mol. The highest BCUT2D eigenvalue weighted by molar-refractivity contribution is 7.80. The van der Waals surface area contributed by atoms with E-state index in [1.165, 1.54) is 0 Å². The Bertz CT molecular complexity index is 783. The largest absolute Gasteiger partial charge is 0.457 e. The van der Waals surface area contributed by atoms with Gasteiger partial charge >= 0.3 is 0 Å². The first-order valence-corrected chi connectivity index (χ1v) is 7.08. The maximum absolute atomic E-state index is 11.5. The third kappa shape index (κ3) is 2.95. The molecule has 0 bridgehead atoms. The lowest BCUT2D eigenvalue weighted by Crippen LogP contribution is -2.21. The van der Waals surface area contributed by atoms with Crippen LogP contribution in [0.2, 0.25) is 10.0 Å². The minimum Gasteiger partial charge on any atom is -0.457 e. The molecule has 0 unspecified atom stereocenters. The molecule has 0 saturated carbocycles. The van der Waals surface area contributed by atoms with Gasteiger partial charge in [0, 0.05) is 11.6 Å². The van der Waals surface area contributed by atoms with Crippen molar-refractivity contribution in [2.24, 2.45) is 0 Å². The molecule has 0 spiro atoms. The summed E-state index contributed by atoms with van der Waals surface area (Å²) in [6.45, 7) is 0. The van der Waals surface area contributed by atoms with Gasteiger partial charge in [0.1, 0.15) is 17.2 Å². The van der Waals surface area contributed by atoms with Crippen LogP contribution in [0.4, 0.5) is 0 Å². The van der Waals surface area contributed by atoms with Gasteiger partial charge in [-0.05, 0) is 42.5 Å². The molecule has 1 amide bonds. The van der Waals surface area contributed by atoms with Gasteiger partial charge in [-0.25, -0.2) is 0 Å². The second-order valence-electron chi connectivity index (χ2n) is 4.30. The fourth-order valence-electron chi connectivity index (χ4n) is 1.86. The molecular formula is C14H8Cl2N2O2S. The molecule has 2 heterocycles. The third-order valence-corrected chi connectivity index (χ3v) is 3.78. The van der Waals surface area contributed by atoms with Gasteiger partial charge in [-0.15, -0.1) is 0 Å². The minimum absolute atomic E-state index is 0.280. The number of carbonyl (C=O) groups is 1. The van der Waals surface area contributed by atoms with Crippen molar-refractivity contribution < 1.29 is 9.21 Å². The lowest BCUT2D eigenvalue weighted by atomic mass is 10.2. The Kier molecular flexibility index (Phi) is 3.71. The van der Waals surface area contributed by atoms with Crippen molar-refractivity contribution >= 4 is 52.5 Å². The molecule has 1 aromatic carbocycles. The molecule has 106 valence electrons. The molecule has 21 heavy (non-hydrogen) atoms. The summed E-state index contributed by atoms with van der Waals surface area (Å²) in [5.74, 6) is 0.868. The lowest BCUT2D eigenvalue weighted by molar-refractivity contribution is -0.115. The predicted octanol–water partition coefficient (Wildman–Crippen LogP) is 3.60. The summed E-state index contributed by atoms with van der Waals surface area (Å²) in [5.41, 5.74) is 1.14. The molecule has 1 saturated heterocycles. The van der Waals surface area contributed by atoms with Crippen LogP contribution >= 0.6 is 35.4 Å². The molecule has 4 nitrogen and oxygen atoms in total. The Hall–Kier alpha value is -1.82. The summed E-state index contributed by atoms with van der Waals surface area (Å²) in [6.07, 6.45) is 1.58. The number of hydrogen-bond donors (Lipinski definition) is 2. The van der Waals surface area contributed by atoms with Crippen LogP contribution in [0.1, 0.15) is 5.76 Å². The smallest absolute Gasteiger partial charge is 0.274 e. The number of thiocarbonyl (C=S) groups is 1. The van der Waals surface area contributed by atoms with Crippen molar-refractivity contribution in [1.29, 1.82) is 0 Å². The van der Waals surface area contributed by atoms with Crippen LogP contribution in [0.5, 0.6) is 0 Å². The molecule has 7 heteroatoms. The highest BCUT2D eigenvalue weighted by Crippen LogP contribution is 2.30. The van der Waals surface area contributed by atoms with Crippen LogP contribution in [0, 0.1) is 0 Å². The Morgan fingerprint density at radius 2 is 1.90 bits per heavy atom. The maximum atomic E-state index is 11.5. The second-order valence-corrected chi connectivity index (χ2v) is 5.52. The topological polar surface area (TPSA) is 54.3 Å². The van der Waals surface area contributed by atoms with E-state index >= 15 is 0 Å². The van der Waals surface area contributed by atoms with Gasteiger partial charge in [0.2, 0.25) is 0 Å². The van der Waals surface area contributed by atoms with Crippen molar-refractivity contribution in [2.75, 3.05) is 0 Å². The normalized spacial score (nSPS) is 16.2. The summed E-state index contributed by atoms with van der Waals surface area (Å²) < 4.78 is 5.67. The zero-order valence-corrected chi connectivity index (χ0v) is 12.8. The minimum atomic E-state index is -0.285. The van der Waals surface area contributed by atoms with Crippen molar-refractivity contribution in [1.82, 2.24) is 10.6 Å². The first-order chi connectivity index (χ1) is 10.0. The number of rotatable bonds is 2. The fraction of sp³-hybridized carbons (Fsp3) is 0. The van der Waals surface area contributed by atoms with Gasteiger partial charge in [0.15, 0.2) is 5.11 Å². The van der Waals surface area contributed by atoms with E-state index in [1.54, 1.807) is 36.4 Å². The number of benzene rings is 1. The highest BCUT2D eigenvalue weighted by atomic mass is 35.5. The number of hydrogen-bond acceptors (Lipinski definition) is 3. The Labute approximate surface area is 135 Å². The van der Waals surface area contributed by atoms with Gasteiger partial charge < -0.3 is 9.73 Å². The van der Waals surface area contributed by atoms with E-state index in [1.807, 2.05) is 0 Å². The summed E-state index contributed by atoms with van der Waals surface area (Å²) in [7, 11) is 0. The number of furan rings is 1. The Morgan fingerprint density at radius 3 is 2.57 bits per heavy atom. The number of halogens is 2. The summed E-state index contributed by atoms with van der Waals surface area (Å²) >= 11 is 16.7. The van der Waals surface area contributed by atoms with E-state index in [4.69, 9.17) is 39.8 Å². The van der Waals surface area contributed by atoms with Gasteiger partial charge in [0.05, 0.1) is 10.0 Å². The number of carbonyl (C=O) groups excluding carboxylic acids is 1. The number of amides is 1. The molecule has 1 aliphatic rings. The van der Waals surface area contributed by atoms with Crippen molar-refractivity contribution in [3.05, 3.63) is 51.8 Å². The molecular weight excluding hydrogens is 331 g/mol. The first-order valence-electron chi connectivity index (χ1n) is 5.92. The zero-order valence-electron chi connectivity index (χ0n) is 10.4. The van der Waals surface area contributed by atoms with E-state index in [0.717, 1.165) is 5.56 Å². The standard InChI is InChI=1S/C14H8Cl2N2O2S/c15-9-3-1-7(5-10(9)16)12-4-2-8(20-12)6-11-13(19)18-14(21)17-11/h1-6H,(H2,17,18,19,21). The average Bonchev–Trinajstić information content (AvgIpc) is 3.01. The van der Waals surface area contributed by atoms with E-state index in [0.29, 0.717) is 27.3 Å². The van der Waals surface area contributed by atoms with Gasteiger partial charge in [0.25, 0.3) is 5.91 Å².